The van der Waals surface area contributed by atoms with Crippen LogP contribution in [0.2, 0.25) is 0 Å². The van der Waals surface area contributed by atoms with Crippen molar-refractivity contribution < 1.29 is 13.9 Å². The third kappa shape index (κ3) is 2.79. The monoisotopic (exact) mass is 226 g/mol. The minimum Gasteiger partial charge on any atom is -0.392 e. The summed E-state index contributed by atoms with van der Waals surface area (Å²) in [5.74, 6) is -0.853. The molecule has 1 N–H and O–H groups in total. The Kier molecular flexibility index (Phi) is 3.54. The lowest BCUT2D eigenvalue weighted by Gasteiger charge is -2.17. The number of rotatable bonds is 3. The van der Waals surface area contributed by atoms with Crippen molar-refractivity contribution in [3.8, 4) is 0 Å². The van der Waals surface area contributed by atoms with Gasteiger partial charge in [-0.15, -0.1) is 0 Å². The van der Waals surface area contributed by atoms with Gasteiger partial charge in [-0.05, 0) is 42.9 Å². The van der Waals surface area contributed by atoms with Gasteiger partial charge in [0.15, 0.2) is 0 Å². The molecule has 1 aromatic rings. The average Bonchev–Trinajstić information content (AvgIpc) is 2.68. The van der Waals surface area contributed by atoms with E-state index in [1.54, 1.807) is 0 Å². The lowest BCUT2D eigenvalue weighted by atomic mass is 9.95. The highest BCUT2D eigenvalue weighted by molar-refractivity contribution is 5.18. The maximum Gasteiger partial charge on any atom is 0.126 e. The second-order valence-electron chi connectivity index (χ2n) is 4.59. The molecule has 1 saturated carbocycles. The molecule has 0 spiro atoms. The molecule has 1 aliphatic rings. The Hall–Kier alpha value is -0.960. The SMILES string of the molecule is OC(Cc1cc(F)cc(F)c1)C1CCCC1. The standard InChI is InChI=1S/C13H16F2O/c14-11-5-9(6-12(15)8-11)7-13(16)10-3-1-2-4-10/h5-6,8,10,13,16H,1-4,7H2. The van der Waals surface area contributed by atoms with E-state index < -0.39 is 17.7 Å². The van der Waals surface area contributed by atoms with Crippen LogP contribution < -0.4 is 0 Å². The number of hydrogen-bond acceptors (Lipinski definition) is 1. The van der Waals surface area contributed by atoms with E-state index in [2.05, 4.69) is 0 Å². The molecule has 0 bridgehead atoms. The van der Waals surface area contributed by atoms with E-state index in [4.69, 9.17) is 0 Å². The van der Waals surface area contributed by atoms with Gasteiger partial charge in [-0.2, -0.15) is 0 Å². The zero-order valence-corrected chi connectivity index (χ0v) is 9.13. The first-order valence-electron chi connectivity index (χ1n) is 5.78. The van der Waals surface area contributed by atoms with Crippen LogP contribution in [0.15, 0.2) is 18.2 Å². The van der Waals surface area contributed by atoms with Gasteiger partial charge in [0.25, 0.3) is 0 Å². The zero-order valence-electron chi connectivity index (χ0n) is 9.13. The molecule has 0 saturated heterocycles. The first-order chi connectivity index (χ1) is 7.65. The van der Waals surface area contributed by atoms with E-state index >= 15 is 0 Å². The summed E-state index contributed by atoms with van der Waals surface area (Å²) >= 11 is 0. The minimum atomic E-state index is -0.575. The first-order valence-corrected chi connectivity index (χ1v) is 5.78. The molecule has 1 fully saturated rings. The lowest BCUT2D eigenvalue weighted by molar-refractivity contribution is 0.111. The number of benzene rings is 1. The van der Waals surface area contributed by atoms with Crippen molar-refractivity contribution in [2.75, 3.05) is 0 Å². The molecule has 0 heterocycles. The summed E-state index contributed by atoms with van der Waals surface area (Å²) in [5, 5.41) is 9.94. The first kappa shape index (κ1) is 11.5. The van der Waals surface area contributed by atoms with Gasteiger partial charge in [0.05, 0.1) is 6.10 Å². The minimum absolute atomic E-state index is 0.298. The van der Waals surface area contributed by atoms with Crippen molar-refractivity contribution in [1.82, 2.24) is 0 Å². The van der Waals surface area contributed by atoms with Crippen molar-refractivity contribution in [2.24, 2.45) is 5.92 Å². The molecule has 0 aliphatic heterocycles. The number of hydrogen-bond donors (Lipinski definition) is 1. The van der Waals surface area contributed by atoms with Gasteiger partial charge >= 0.3 is 0 Å². The van der Waals surface area contributed by atoms with Crippen molar-refractivity contribution in [2.45, 2.75) is 38.2 Å². The molecule has 1 aromatic carbocycles. The van der Waals surface area contributed by atoms with Crippen LogP contribution in [0.5, 0.6) is 0 Å². The number of halogens is 2. The van der Waals surface area contributed by atoms with E-state index in [1.807, 2.05) is 0 Å². The molecule has 1 aliphatic carbocycles. The van der Waals surface area contributed by atoms with Crippen molar-refractivity contribution >= 4 is 0 Å². The summed E-state index contributed by atoms with van der Waals surface area (Å²) in [4.78, 5) is 0. The molecule has 16 heavy (non-hydrogen) atoms. The molecule has 0 aromatic heterocycles. The van der Waals surface area contributed by atoms with Crippen molar-refractivity contribution in [3.63, 3.8) is 0 Å². The fourth-order valence-corrected chi connectivity index (χ4v) is 2.48. The van der Waals surface area contributed by atoms with Crippen LogP contribution >= 0.6 is 0 Å². The van der Waals surface area contributed by atoms with Crippen LogP contribution in [0.3, 0.4) is 0 Å². The van der Waals surface area contributed by atoms with Crippen molar-refractivity contribution in [3.05, 3.63) is 35.4 Å². The van der Waals surface area contributed by atoms with Crippen LogP contribution in [0.4, 0.5) is 8.78 Å². The second kappa shape index (κ2) is 4.91. The van der Waals surface area contributed by atoms with Gasteiger partial charge in [0.1, 0.15) is 11.6 Å². The molecular formula is C13H16F2O. The lowest BCUT2D eigenvalue weighted by Crippen LogP contribution is -2.20. The highest BCUT2D eigenvalue weighted by Gasteiger charge is 2.23. The Morgan fingerprint density at radius 3 is 2.25 bits per heavy atom. The number of aliphatic hydroxyl groups is 1. The van der Waals surface area contributed by atoms with Crippen LogP contribution in [0.1, 0.15) is 31.2 Å². The van der Waals surface area contributed by atoms with E-state index in [0.29, 0.717) is 17.9 Å². The molecule has 0 amide bonds. The summed E-state index contributed by atoms with van der Waals surface area (Å²) in [6.07, 6.45) is 4.24. The molecule has 1 nitrogen and oxygen atoms in total. The van der Waals surface area contributed by atoms with Gasteiger partial charge in [0, 0.05) is 6.07 Å². The van der Waals surface area contributed by atoms with Gasteiger partial charge in [0.2, 0.25) is 0 Å². The molecule has 3 heteroatoms. The summed E-state index contributed by atoms with van der Waals surface area (Å²) in [5.41, 5.74) is 0.539. The maximum atomic E-state index is 12.9. The molecular weight excluding hydrogens is 210 g/mol. The predicted molar refractivity (Wildman–Crippen MR) is 58.0 cm³/mol. The van der Waals surface area contributed by atoms with E-state index in [1.165, 1.54) is 12.1 Å². The molecule has 1 atom stereocenters. The van der Waals surface area contributed by atoms with Crippen molar-refractivity contribution in [1.29, 1.82) is 0 Å². The highest BCUT2D eigenvalue weighted by Crippen LogP contribution is 2.29. The topological polar surface area (TPSA) is 20.2 Å². The highest BCUT2D eigenvalue weighted by atomic mass is 19.1. The van der Waals surface area contributed by atoms with Crippen LogP contribution in [-0.4, -0.2) is 11.2 Å². The zero-order chi connectivity index (χ0) is 11.5. The smallest absolute Gasteiger partial charge is 0.126 e. The molecule has 0 radical (unpaired) electrons. The summed E-state index contributed by atoms with van der Waals surface area (Å²) in [6, 6.07) is 3.44. The predicted octanol–water partition coefficient (Wildman–Crippen LogP) is 3.06. The summed E-state index contributed by atoms with van der Waals surface area (Å²) in [7, 11) is 0. The van der Waals surface area contributed by atoms with Gasteiger partial charge < -0.3 is 5.11 Å². The van der Waals surface area contributed by atoms with E-state index in [9.17, 15) is 13.9 Å². The van der Waals surface area contributed by atoms with E-state index in [-0.39, 0.29) is 0 Å². The maximum absolute atomic E-state index is 12.9. The normalized spacial score (nSPS) is 18.9. The largest absolute Gasteiger partial charge is 0.392 e. The molecule has 88 valence electrons. The van der Waals surface area contributed by atoms with Gasteiger partial charge in [-0.1, -0.05) is 12.8 Å². The molecule has 1 unspecified atom stereocenters. The Bertz CT molecular complexity index is 339. The molecule has 2 rings (SSSR count). The van der Waals surface area contributed by atoms with E-state index in [0.717, 1.165) is 31.7 Å². The van der Waals surface area contributed by atoms with Crippen LogP contribution in [-0.2, 0) is 6.42 Å². The Morgan fingerprint density at radius 1 is 1.12 bits per heavy atom. The quantitative estimate of drug-likeness (QED) is 0.839. The Labute approximate surface area is 94.1 Å². The third-order valence-corrected chi connectivity index (χ3v) is 3.31. The Morgan fingerprint density at radius 2 is 1.69 bits per heavy atom. The fourth-order valence-electron chi connectivity index (χ4n) is 2.48. The van der Waals surface area contributed by atoms with Gasteiger partial charge in [-0.25, -0.2) is 8.78 Å². The third-order valence-electron chi connectivity index (χ3n) is 3.31. The summed E-state index contributed by atoms with van der Waals surface area (Å²) in [6.45, 7) is 0. The second-order valence-corrected chi connectivity index (χ2v) is 4.59. The fraction of sp³-hybridized carbons (Fsp3) is 0.538. The van der Waals surface area contributed by atoms with Gasteiger partial charge in [-0.3, -0.25) is 0 Å². The van der Waals surface area contributed by atoms with Crippen LogP contribution in [0, 0.1) is 17.6 Å². The Balaban J connectivity index is 2.02. The number of aliphatic hydroxyl groups excluding tert-OH is 1. The van der Waals surface area contributed by atoms with Crippen LogP contribution in [0.25, 0.3) is 0 Å². The summed E-state index contributed by atoms with van der Waals surface area (Å²) < 4.78 is 25.9. The average molecular weight is 226 g/mol.